The SMILES string of the molecule is C=NN(/N=C\CC)c1cccc(Nc2nc(N)c(F)cc2C#N)c1. The van der Waals surface area contributed by atoms with Gasteiger partial charge in [-0.25, -0.2) is 9.37 Å². The van der Waals surface area contributed by atoms with Crippen LogP contribution in [0.1, 0.15) is 18.9 Å². The second-order valence-electron chi connectivity index (χ2n) is 4.68. The number of aromatic nitrogens is 1. The van der Waals surface area contributed by atoms with E-state index in [1.165, 1.54) is 5.12 Å². The fraction of sp³-hybridized carbons (Fsp3) is 0.125. The van der Waals surface area contributed by atoms with Crippen molar-refractivity contribution in [3.05, 3.63) is 41.7 Å². The zero-order chi connectivity index (χ0) is 17.5. The minimum atomic E-state index is -0.734. The number of pyridine rings is 1. The van der Waals surface area contributed by atoms with E-state index in [-0.39, 0.29) is 17.2 Å². The summed E-state index contributed by atoms with van der Waals surface area (Å²) in [6, 6.07) is 9.99. The number of rotatable bonds is 6. The lowest BCUT2D eigenvalue weighted by Gasteiger charge is -2.14. The van der Waals surface area contributed by atoms with Gasteiger partial charge in [0.05, 0.1) is 11.3 Å². The van der Waals surface area contributed by atoms with Gasteiger partial charge in [-0.1, -0.05) is 13.0 Å². The number of nitrogens with two attached hydrogens (primary N) is 1. The van der Waals surface area contributed by atoms with E-state index < -0.39 is 5.82 Å². The van der Waals surface area contributed by atoms with Gasteiger partial charge in [0.25, 0.3) is 0 Å². The summed E-state index contributed by atoms with van der Waals surface area (Å²) in [4.78, 5) is 3.87. The molecule has 1 aromatic carbocycles. The Bertz CT molecular complexity index is 811. The number of benzene rings is 1. The van der Waals surface area contributed by atoms with Crippen LogP contribution in [0.5, 0.6) is 0 Å². The highest BCUT2D eigenvalue weighted by Gasteiger charge is 2.11. The van der Waals surface area contributed by atoms with E-state index in [1.807, 2.05) is 13.0 Å². The number of hydrogen-bond donors (Lipinski definition) is 2. The molecule has 24 heavy (non-hydrogen) atoms. The zero-order valence-corrected chi connectivity index (χ0v) is 13.1. The van der Waals surface area contributed by atoms with Crippen LogP contribution in [0, 0.1) is 17.1 Å². The second kappa shape index (κ2) is 7.69. The molecule has 0 amide bonds. The molecule has 3 N–H and O–H groups in total. The van der Waals surface area contributed by atoms with Gasteiger partial charge in [-0.05, 0) is 30.7 Å². The van der Waals surface area contributed by atoms with Crippen LogP contribution in [0.15, 0.2) is 40.5 Å². The van der Waals surface area contributed by atoms with Gasteiger partial charge >= 0.3 is 0 Å². The monoisotopic (exact) mass is 325 g/mol. The van der Waals surface area contributed by atoms with E-state index in [2.05, 4.69) is 27.2 Å². The summed E-state index contributed by atoms with van der Waals surface area (Å²) in [5, 5.41) is 21.4. The van der Waals surface area contributed by atoms with Crippen LogP contribution in [-0.4, -0.2) is 17.9 Å². The van der Waals surface area contributed by atoms with Gasteiger partial charge in [0.2, 0.25) is 0 Å². The third-order valence-electron chi connectivity index (χ3n) is 2.97. The molecule has 1 heterocycles. The Morgan fingerprint density at radius 3 is 2.96 bits per heavy atom. The Labute approximate surface area is 138 Å². The lowest BCUT2D eigenvalue weighted by molar-refractivity contribution is 0.627. The Morgan fingerprint density at radius 1 is 1.50 bits per heavy atom. The van der Waals surface area contributed by atoms with Gasteiger partial charge < -0.3 is 11.1 Å². The summed E-state index contributed by atoms with van der Waals surface area (Å²) in [6.45, 7) is 5.44. The summed E-state index contributed by atoms with van der Waals surface area (Å²) in [7, 11) is 0. The van der Waals surface area contributed by atoms with Gasteiger partial charge in [-0.15, -0.1) is 0 Å². The first kappa shape index (κ1) is 16.9. The molecule has 2 rings (SSSR count). The zero-order valence-electron chi connectivity index (χ0n) is 13.1. The number of hydrogen-bond acceptors (Lipinski definition) is 7. The smallest absolute Gasteiger partial charge is 0.166 e. The largest absolute Gasteiger partial charge is 0.381 e. The number of nitrogens with one attached hydrogen (secondary N) is 1. The van der Waals surface area contributed by atoms with Crippen molar-refractivity contribution >= 4 is 35.9 Å². The Hall–Kier alpha value is -3.47. The normalized spacial score (nSPS) is 10.4. The average molecular weight is 325 g/mol. The number of hydrazone groups is 2. The molecule has 1 aromatic heterocycles. The molecule has 2 aromatic rings. The Morgan fingerprint density at radius 2 is 2.29 bits per heavy atom. The second-order valence-corrected chi connectivity index (χ2v) is 4.68. The number of anilines is 4. The summed E-state index contributed by atoms with van der Waals surface area (Å²) < 4.78 is 13.4. The van der Waals surface area contributed by atoms with Gasteiger partial charge in [0.1, 0.15) is 6.07 Å². The maximum atomic E-state index is 13.4. The Balaban J connectivity index is 2.33. The summed E-state index contributed by atoms with van der Waals surface area (Å²) in [5.41, 5.74) is 6.79. The minimum Gasteiger partial charge on any atom is -0.381 e. The third-order valence-corrected chi connectivity index (χ3v) is 2.97. The fourth-order valence-electron chi connectivity index (χ4n) is 1.87. The van der Waals surface area contributed by atoms with Crippen molar-refractivity contribution < 1.29 is 4.39 Å². The first-order valence-corrected chi connectivity index (χ1v) is 7.11. The van der Waals surface area contributed by atoms with Crippen LogP contribution in [0.2, 0.25) is 0 Å². The quantitative estimate of drug-likeness (QED) is 0.627. The molecule has 0 spiro atoms. The highest BCUT2D eigenvalue weighted by Crippen LogP contribution is 2.25. The molecule has 0 fully saturated rings. The van der Waals surface area contributed by atoms with Crippen LogP contribution in [0.25, 0.3) is 0 Å². The predicted octanol–water partition coefficient (Wildman–Crippen LogP) is 3.24. The van der Waals surface area contributed by atoms with E-state index in [1.54, 1.807) is 30.5 Å². The van der Waals surface area contributed by atoms with Crippen molar-refractivity contribution in [3.8, 4) is 6.07 Å². The van der Waals surface area contributed by atoms with E-state index in [0.29, 0.717) is 11.4 Å². The Kier molecular flexibility index (Phi) is 5.41. The van der Waals surface area contributed by atoms with Gasteiger partial charge in [0, 0.05) is 18.6 Å². The highest BCUT2D eigenvalue weighted by atomic mass is 19.1. The third kappa shape index (κ3) is 3.84. The lowest BCUT2D eigenvalue weighted by Crippen LogP contribution is -2.08. The molecule has 0 bridgehead atoms. The maximum Gasteiger partial charge on any atom is 0.166 e. The summed E-state index contributed by atoms with van der Waals surface area (Å²) in [5.74, 6) is -0.847. The molecule has 0 radical (unpaired) electrons. The van der Waals surface area contributed by atoms with E-state index in [9.17, 15) is 4.39 Å². The first-order chi connectivity index (χ1) is 11.6. The van der Waals surface area contributed by atoms with Crippen molar-refractivity contribution in [1.82, 2.24) is 4.98 Å². The highest BCUT2D eigenvalue weighted by molar-refractivity contribution is 5.68. The average Bonchev–Trinajstić information content (AvgIpc) is 2.59. The summed E-state index contributed by atoms with van der Waals surface area (Å²) >= 11 is 0. The van der Waals surface area contributed by atoms with Crippen LogP contribution in [0.4, 0.5) is 27.4 Å². The molecule has 7 nitrogen and oxygen atoms in total. The number of halogens is 1. The van der Waals surface area contributed by atoms with Gasteiger partial charge in [-0.2, -0.15) is 20.6 Å². The van der Waals surface area contributed by atoms with Crippen LogP contribution in [-0.2, 0) is 0 Å². The van der Waals surface area contributed by atoms with E-state index >= 15 is 0 Å². The molecule has 122 valence electrons. The number of nitrogens with zero attached hydrogens (tertiary/aromatic N) is 5. The topological polar surface area (TPSA) is 103 Å². The van der Waals surface area contributed by atoms with Crippen molar-refractivity contribution in [3.63, 3.8) is 0 Å². The fourth-order valence-corrected chi connectivity index (χ4v) is 1.87. The van der Waals surface area contributed by atoms with Crippen LogP contribution >= 0.6 is 0 Å². The van der Waals surface area contributed by atoms with Crippen molar-refractivity contribution in [1.29, 1.82) is 5.26 Å². The van der Waals surface area contributed by atoms with Crippen LogP contribution < -0.4 is 16.2 Å². The molecule has 0 aliphatic rings. The van der Waals surface area contributed by atoms with Crippen LogP contribution in [0.3, 0.4) is 0 Å². The minimum absolute atomic E-state index is 0.0507. The molecule has 0 saturated carbocycles. The molecule has 0 aliphatic heterocycles. The molecule has 0 aliphatic carbocycles. The van der Waals surface area contributed by atoms with Crippen molar-refractivity contribution in [2.45, 2.75) is 13.3 Å². The molecular formula is C16H16FN7. The van der Waals surface area contributed by atoms with Crippen molar-refractivity contribution in [2.24, 2.45) is 10.2 Å². The van der Waals surface area contributed by atoms with Gasteiger partial charge in [-0.3, -0.25) is 0 Å². The predicted molar refractivity (Wildman–Crippen MR) is 93.9 cm³/mol. The molecule has 0 unspecified atom stereocenters. The lowest BCUT2D eigenvalue weighted by atomic mass is 10.2. The molecule has 0 saturated heterocycles. The van der Waals surface area contributed by atoms with Gasteiger partial charge in [0.15, 0.2) is 17.5 Å². The molecule has 0 atom stereocenters. The maximum absolute atomic E-state index is 13.4. The molecular weight excluding hydrogens is 309 g/mol. The van der Waals surface area contributed by atoms with Crippen molar-refractivity contribution in [2.75, 3.05) is 16.2 Å². The summed E-state index contributed by atoms with van der Waals surface area (Å²) in [6.07, 6.45) is 2.46. The first-order valence-electron chi connectivity index (χ1n) is 7.11. The number of nitriles is 1. The van der Waals surface area contributed by atoms with E-state index in [4.69, 9.17) is 11.0 Å². The standard InChI is InChI=1S/C16H16FN7/c1-3-7-21-24(20-2)13-6-4-5-12(9-13)22-16-11(10-18)8-14(17)15(19)23-16/h4-9H,2-3H2,1H3,(H3,19,22,23)/b21-7-. The molecule has 8 heteroatoms. The van der Waals surface area contributed by atoms with E-state index in [0.717, 1.165) is 12.5 Å². The number of nitrogen functional groups attached to an aromatic ring is 1.